The minimum absolute atomic E-state index is 0.624. The van der Waals surface area contributed by atoms with Gasteiger partial charge in [-0.2, -0.15) is 0 Å². The van der Waals surface area contributed by atoms with Gasteiger partial charge in [0, 0.05) is 5.92 Å². The maximum atomic E-state index is 5.33. The molecular weight excluding hydrogens is 208 g/mol. The number of ether oxygens (including phenoxy) is 1. The lowest BCUT2D eigenvalue weighted by atomic mass is 9.90. The van der Waals surface area contributed by atoms with Gasteiger partial charge < -0.3 is 4.74 Å². The number of rotatable bonds is 1. The zero-order chi connectivity index (χ0) is 11.2. The van der Waals surface area contributed by atoms with Crippen molar-refractivity contribution in [1.29, 1.82) is 0 Å². The Morgan fingerprint density at radius 2 is 1.71 bits per heavy atom. The molecule has 1 heteroatoms. The Morgan fingerprint density at radius 1 is 0.882 bits per heavy atom. The average Bonchev–Trinajstić information content (AvgIpc) is 2.67. The third-order valence-corrected chi connectivity index (χ3v) is 3.96. The molecule has 0 unspecified atom stereocenters. The fraction of sp³-hybridized carbons (Fsp3) is 0.250. The van der Waals surface area contributed by atoms with Crippen LogP contribution in [0.5, 0.6) is 0 Å². The summed E-state index contributed by atoms with van der Waals surface area (Å²) in [6, 6.07) is 15.5. The van der Waals surface area contributed by atoms with Crippen molar-refractivity contribution in [3.63, 3.8) is 0 Å². The summed E-state index contributed by atoms with van der Waals surface area (Å²) >= 11 is 0. The summed E-state index contributed by atoms with van der Waals surface area (Å²) in [5.74, 6) is 0.624. The third kappa shape index (κ3) is 1.29. The third-order valence-electron chi connectivity index (χ3n) is 3.96. The van der Waals surface area contributed by atoms with E-state index in [0.717, 1.165) is 19.6 Å². The Kier molecular flexibility index (Phi) is 1.91. The zero-order valence-corrected chi connectivity index (χ0v) is 9.65. The van der Waals surface area contributed by atoms with Gasteiger partial charge in [-0.25, -0.2) is 0 Å². The Hall–Kier alpha value is -1.60. The number of hydrogen-bond donors (Lipinski definition) is 0. The fourth-order valence-corrected chi connectivity index (χ4v) is 2.98. The van der Waals surface area contributed by atoms with Crippen LogP contribution in [-0.4, -0.2) is 13.2 Å². The summed E-state index contributed by atoms with van der Waals surface area (Å²) < 4.78 is 5.33. The van der Waals surface area contributed by atoms with Gasteiger partial charge >= 0.3 is 0 Å². The molecule has 17 heavy (non-hydrogen) atoms. The molecule has 1 saturated heterocycles. The molecule has 4 rings (SSSR count). The van der Waals surface area contributed by atoms with Gasteiger partial charge in [0.1, 0.15) is 0 Å². The van der Waals surface area contributed by atoms with Crippen LogP contribution < -0.4 is 0 Å². The van der Waals surface area contributed by atoms with Crippen LogP contribution in [0.1, 0.15) is 22.6 Å². The Morgan fingerprint density at radius 3 is 2.53 bits per heavy atom. The molecule has 0 saturated carbocycles. The highest BCUT2D eigenvalue weighted by molar-refractivity contribution is 5.78. The van der Waals surface area contributed by atoms with E-state index in [1.165, 1.54) is 27.8 Å². The fourth-order valence-electron chi connectivity index (χ4n) is 2.98. The molecule has 2 aromatic rings. The number of hydrogen-bond acceptors (Lipinski definition) is 1. The van der Waals surface area contributed by atoms with Gasteiger partial charge in [-0.1, -0.05) is 42.5 Å². The van der Waals surface area contributed by atoms with Crippen LogP contribution in [-0.2, 0) is 11.2 Å². The molecule has 0 spiro atoms. The van der Waals surface area contributed by atoms with Crippen LogP contribution in [0.4, 0.5) is 0 Å². The molecule has 84 valence electrons. The molecule has 0 atom stereocenters. The van der Waals surface area contributed by atoms with E-state index in [2.05, 4.69) is 42.5 Å². The number of benzene rings is 2. The lowest BCUT2D eigenvalue weighted by Crippen LogP contribution is -2.26. The van der Waals surface area contributed by atoms with Gasteiger partial charge in [0.05, 0.1) is 13.2 Å². The SMILES string of the molecule is c1ccc2c(c1)Cc1c-2cccc1C1COC1. The van der Waals surface area contributed by atoms with Crippen LogP contribution in [0.2, 0.25) is 0 Å². The van der Waals surface area contributed by atoms with Crippen molar-refractivity contribution in [3.05, 3.63) is 59.2 Å². The monoisotopic (exact) mass is 222 g/mol. The lowest BCUT2D eigenvalue weighted by molar-refractivity contribution is 0.00815. The molecule has 1 aliphatic carbocycles. The second-order valence-electron chi connectivity index (χ2n) is 4.94. The second kappa shape index (κ2) is 3.44. The van der Waals surface area contributed by atoms with Gasteiger partial charge in [0.15, 0.2) is 0 Å². The van der Waals surface area contributed by atoms with Crippen molar-refractivity contribution in [2.24, 2.45) is 0 Å². The van der Waals surface area contributed by atoms with Crippen LogP contribution >= 0.6 is 0 Å². The van der Waals surface area contributed by atoms with Crippen LogP contribution in [0.25, 0.3) is 11.1 Å². The van der Waals surface area contributed by atoms with Gasteiger partial charge in [0.25, 0.3) is 0 Å². The first kappa shape index (κ1) is 9.43. The first-order chi connectivity index (χ1) is 8.43. The summed E-state index contributed by atoms with van der Waals surface area (Å²) in [4.78, 5) is 0. The summed E-state index contributed by atoms with van der Waals surface area (Å²) in [6.07, 6.45) is 1.10. The Labute approximate surface area is 101 Å². The maximum Gasteiger partial charge on any atom is 0.0557 e. The molecule has 0 aromatic heterocycles. The van der Waals surface area contributed by atoms with Crippen molar-refractivity contribution in [1.82, 2.24) is 0 Å². The molecule has 0 N–H and O–H groups in total. The van der Waals surface area contributed by atoms with Crippen molar-refractivity contribution >= 4 is 0 Å². The standard InChI is InChI=1S/C16H14O/c1-2-5-13-11(4-1)8-16-14(12-9-17-10-12)6-3-7-15(13)16/h1-7,12H,8-10H2. The highest BCUT2D eigenvalue weighted by Gasteiger charge is 2.27. The average molecular weight is 222 g/mol. The van der Waals surface area contributed by atoms with Crippen molar-refractivity contribution in [2.45, 2.75) is 12.3 Å². The Bertz CT molecular complexity index is 582. The van der Waals surface area contributed by atoms with E-state index in [1.54, 1.807) is 0 Å². The molecule has 1 aliphatic heterocycles. The predicted molar refractivity (Wildman–Crippen MR) is 68.2 cm³/mol. The van der Waals surface area contributed by atoms with E-state index in [9.17, 15) is 0 Å². The van der Waals surface area contributed by atoms with E-state index in [-0.39, 0.29) is 0 Å². The predicted octanol–water partition coefficient (Wildman–Crippen LogP) is 3.37. The molecular formula is C16H14O. The highest BCUT2D eigenvalue weighted by atomic mass is 16.5. The minimum Gasteiger partial charge on any atom is -0.380 e. The van der Waals surface area contributed by atoms with E-state index >= 15 is 0 Å². The molecule has 2 aromatic carbocycles. The van der Waals surface area contributed by atoms with E-state index in [4.69, 9.17) is 4.74 Å². The normalized spacial score (nSPS) is 17.4. The van der Waals surface area contributed by atoms with Gasteiger partial charge in [-0.15, -0.1) is 0 Å². The maximum absolute atomic E-state index is 5.33. The molecule has 1 fully saturated rings. The van der Waals surface area contributed by atoms with E-state index < -0.39 is 0 Å². The Balaban J connectivity index is 1.89. The first-order valence-electron chi connectivity index (χ1n) is 6.21. The van der Waals surface area contributed by atoms with E-state index in [0.29, 0.717) is 5.92 Å². The molecule has 0 amide bonds. The van der Waals surface area contributed by atoms with Crippen molar-refractivity contribution in [2.75, 3.05) is 13.2 Å². The van der Waals surface area contributed by atoms with Crippen molar-refractivity contribution < 1.29 is 4.74 Å². The first-order valence-corrected chi connectivity index (χ1v) is 6.21. The lowest BCUT2D eigenvalue weighted by Gasteiger charge is -2.28. The van der Waals surface area contributed by atoms with Gasteiger partial charge in [-0.3, -0.25) is 0 Å². The summed E-state index contributed by atoms with van der Waals surface area (Å²) in [5, 5.41) is 0. The van der Waals surface area contributed by atoms with Gasteiger partial charge in [0.2, 0.25) is 0 Å². The topological polar surface area (TPSA) is 9.23 Å². The second-order valence-corrected chi connectivity index (χ2v) is 4.94. The molecule has 1 heterocycles. The van der Waals surface area contributed by atoms with Crippen molar-refractivity contribution in [3.8, 4) is 11.1 Å². The molecule has 2 aliphatic rings. The quantitative estimate of drug-likeness (QED) is 0.613. The molecule has 0 bridgehead atoms. The smallest absolute Gasteiger partial charge is 0.0557 e. The molecule has 1 nitrogen and oxygen atoms in total. The van der Waals surface area contributed by atoms with Crippen LogP contribution in [0.3, 0.4) is 0 Å². The molecule has 0 radical (unpaired) electrons. The summed E-state index contributed by atoms with van der Waals surface area (Å²) in [7, 11) is 0. The zero-order valence-electron chi connectivity index (χ0n) is 9.65. The van der Waals surface area contributed by atoms with Crippen LogP contribution in [0, 0.1) is 0 Å². The summed E-state index contributed by atoms with van der Waals surface area (Å²) in [6.45, 7) is 1.79. The van der Waals surface area contributed by atoms with Crippen LogP contribution in [0.15, 0.2) is 42.5 Å². The van der Waals surface area contributed by atoms with E-state index in [1.807, 2.05) is 0 Å². The van der Waals surface area contributed by atoms with Gasteiger partial charge in [-0.05, 0) is 34.2 Å². The highest BCUT2D eigenvalue weighted by Crippen LogP contribution is 2.41. The summed E-state index contributed by atoms with van der Waals surface area (Å²) in [5.41, 5.74) is 7.36. The minimum atomic E-state index is 0.624. The largest absolute Gasteiger partial charge is 0.380 e. The number of fused-ring (bicyclic) bond motifs is 3.